The second-order valence-corrected chi connectivity index (χ2v) is 6.51. The lowest BCUT2D eigenvalue weighted by molar-refractivity contribution is -0.147. The van der Waals surface area contributed by atoms with Crippen molar-refractivity contribution in [2.45, 2.75) is 45.8 Å². The molecule has 0 saturated carbocycles. The maximum atomic E-state index is 12.2. The van der Waals surface area contributed by atoms with Crippen molar-refractivity contribution in [1.29, 1.82) is 0 Å². The number of rotatable bonds is 8. The van der Waals surface area contributed by atoms with E-state index in [-0.39, 0.29) is 32.6 Å². The molecule has 0 fully saturated rings. The number of esters is 1. The molecule has 0 aliphatic rings. The highest BCUT2D eigenvalue weighted by Gasteiger charge is 2.30. The summed E-state index contributed by atoms with van der Waals surface area (Å²) in [4.78, 5) is 36.0. The number of aliphatic carboxylic acids is 1. The second kappa shape index (κ2) is 9.66. The summed E-state index contributed by atoms with van der Waals surface area (Å²) in [5, 5.41) is 8.58. The Hall–Kier alpha value is -2.57. The van der Waals surface area contributed by atoms with Crippen LogP contribution in [0.2, 0.25) is 0 Å². The fraction of sp³-hybridized carbons (Fsp3) is 0.500. The first-order chi connectivity index (χ1) is 11.7. The average molecular weight is 351 g/mol. The van der Waals surface area contributed by atoms with Crippen LogP contribution in [-0.4, -0.2) is 46.7 Å². The van der Waals surface area contributed by atoms with Gasteiger partial charge in [0.2, 0.25) is 0 Å². The van der Waals surface area contributed by atoms with Gasteiger partial charge < -0.3 is 14.6 Å². The van der Waals surface area contributed by atoms with Gasteiger partial charge in [0.05, 0.1) is 6.61 Å². The van der Waals surface area contributed by atoms with Crippen LogP contribution in [0.25, 0.3) is 0 Å². The van der Waals surface area contributed by atoms with Crippen molar-refractivity contribution in [1.82, 2.24) is 4.90 Å². The Balaban J connectivity index is 2.52. The molecule has 1 aromatic carbocycles. The quantitative estimate of drug-likeness (QED) is 0.572. The van der Waals surface area contributed by atoms with Crippen molar-refractivity contribution < 1.29 is 29.0 Å². The van der Waals surface area contributed by atoms with Gasteiger partial charge in [0, 0.05) is 12.0 Å². The Morgan fingerprint density at radius 3 is 2.28 bits per heavy atom. The Morgan fingerprint density at radius 1 is 1.08 bits per heavy atom. The molecule has 0 spiro atoms. The number of carboxylic acid groups (broad SMARTS) is 1. The lowest BCUT2D eigenvalue weighted by Crippen LogP contribution is -2.48. The lowest BCUT2D eigenvalue weighted by Gasteiger charge is -2.33. The Morgan fingerprint density at radius 2 is 1.72 bits per heavy atom. The molecule has 0 saturated heterocycles. The fourth-order valence-corrected chi connectivity index (χ4v) is 1.95. The van der Waals surface area contributed by atoms with Crippen LogP contribution >= 0.6 is 0 Å². The molecule has 7 heteroatoms. The molecule has 0 heterocycles. The zero-order valence-corrected chi connectivity index (χ0v) is 14.9. The van der Waals surface area contributed by atoms with Crippen LogP contribution in [0.5, 0.6) is 0 Å². The minimum absolute atomic E-state index is 0.0171. The summed E-state index contributed by atoms with van der Waals surface area (Å²) >= 11 is 0. The minimum atomic E-state index is -0.951. The van der Waals surface area contributed by atoms with Gasteiger partial charge in [-0.25, -0.2) is 4.79 Å². The van der Waals surface area contributed by atoms with Gasteiger partial charge in [0.15, 0.2) is 0 Å². The number of hydrogen-bond acceptors (Lipinski definition) is 5. The van der Waals surface area contributed by atoms with Crippen LogP contribution in [0.15, 0.2) is 30.3 Å². The van der Waals surface area contributed by atoms with E-state index >= 15 is 0 Å². The maximum Gasteiger partial charge on any atom is 0.410 e. The number of carbonyl (C=O) groups is 3. The zero-order chi connectivity index (χ0) is 18.9. The second-order valence-electron chi connectivity index (χ2n) is 6.51. The molecule has 138 valence electrons. The van der Waals surface area contributed by atoms with E-state index in [1.54, 1.807) is 20.8 Å². The Labute approximate surface area is 147 Å². The van der Waals surface area contributed by atoms with Crippen LogP contribution in [0.1, 0.15) is 39.2 Å². The van der Waals surface area contributed by atoms with E-state index in [1.165, 1.54) is 4.90 Å². The zero-order valence-electron chi connectivity index (χ0n) is 14.9. The highest BCUT2D eigenvalue weighted by molar-refractivity contribution is 5.78. The first-order valence-corrected chi connectivity index (χ1v) is 8.06. The number of ether oxygens (including phenoxy) is 2. The van der Waals surface area contributed by atoms with E-state index in [0.717, 1.165) is 5.56 Å². The average Bonchev–Trinajstić information content (AvgIpc) is 2.54. The number of carbonyl (C=O) groups excluding carboxylic acids is 2. The molecule has 1 amide bonds. The van der Waals surface area contributed by atoms with Gasteiger partial charge >= 0.3 is 18.0 Å². The summed E-state index contributed by atoms with van der Waals surface area (Å²) in [5.74, 6) is -1.49. The third-order valence-electron chi connectivity index (χ3n) is 3.32. The monoisotopic (exact) mass is 351 g/mol. The topological polar surface area (TPSA) is 93.1 Å². The predicted molar refractivity (Wildman–Crippen MR) is 90.9 cm³/mol. The van der Waals surface area contributed by atoms with Crippen LogP contribution < -0.4 is 0 Å². The molecule has 0 radical (unpaired) electrons. The van der Waals surface area contributed by atoms with Gasteiger partial charge in [-0.05, 0) is 32.8 Å². The van der Waals surface area contributed by atoms with Gasteiger partial charge in [0.25, 0.3) is 0 Å². The molecule has 0 unspecified atom stereocenters. The van der Waals surface area contributed by atoms with E-state index in [0.29, 0.717) is 0 Å². The molecule has 0 bridgehead atoms. The van der Waals surface area contributed by atoms with E-state index in [2.05, 4.69) is 0 Å². The van der Waals surface area contributed by atoms with Crippen molar-refractivity contribution in [3.8, 4) is 0 Å². The number of hydrogen-bond donors (Lipinski definition) is 1. The molecule has 7 nitrogen and oxygen atoms in total. The van der Waals surface area contributed by atoms with Gasteiger partial charge in [-0.1, -0.05) is 30.3 Å². The van der Waals surface area contributed by atoms with Crippen molar-refractivity contribution in [3.05, 3.63) is 35.9 Å². The molecule has 1 N–H and O–H groups in total. The molecule has 1 rings (SSSR count). The summed E-state index contributed by atoms with van der Waals surface area (Å²) in [5.41, 5.74) is 0.213. The molecule has 25 heavy (non-hydrogen) atoms. The maximum absolute atomic E-state index is 12.2. The molecule has 0 aliphatic heterocycles. The highest BCUT2D eigenvalue weighted by atomic mass is 16.6. The summed E-state index contributed by atoms with van der Waals surface area (Å²) in [6.45, 7) is 5.19. The van der Waals surface area contributed by atoms with Crippen molar-refractivity contribution in [3.63, 3.8) is 0 Å². The van der Waals surface area contributed by atoms with Crippen LogP contribution in [-0.2, 0) is 25.7 Å². The van der Waals surface area contributed by atoms with Crippen molar-refractivity contribution >= 4 is 18.0 Å². The Bertz CT molecular complexity index is 579. The molecular weight excluding hydrogens is 326 g/mol. The van der Waals surface area contributed by atoms with Crippen LogP contribution in [0.4, 0.5) is 4.79 Å². The lowest BCUT2D eigenvalue weighted by atomic mass is 10.1. The first kappa shape index (κ1) is 20.5. The summed E-state index contributed by atoms with van der Waals surface area (Å²) in [7, 11) is 0. The number of nitrogens with zero attached hydrogens (tertiary/aromatic N) is 1. The van der Waals surface area contributed by atoms with E-state index in [4.69, 9.17) is 14.6 Å². The number of carboxylic acids is 1. The van der Waals surface area contributed by atoms with Gasteiger partial charge in [-0.3, -0.25) is 14.5 Å². The van der Waals surface area contributed by atoms with Crippen LogP contribution in [0.3, 0.4) is 0 Å². The number of amides is 1. The molecule has 0 aliphatic carbocycles. The smallest absolute Gasteiger partial charge is 0.410 e. The first-order valence-electron chi connectivity index (χ1n) is 8.06. The van der Waals surface area contributed by atoms with E-state index < -0.39 is 23.6 Å². The molecule has 0 aromatic heterocycles. The van der Waals surface area contributed by atoms with E-state index in [9.17, 15) is 14.4 Å². The minimum Gasteiger partial charge on any atom is -0.481 e. The van der Waals surface area contributed by atoms with Crippen LogP contribution in [0, 0.1) is 0 Å². The van der Waals surface area contributed by atoms with Crippen molar-refractivity contribution in [2.24, 2.45) is 0 Å². The SMILES string of the molecule is CC(C)(C)N(CC(=O)OCc1ccccc1)C(=O)OCCCC(=O)O. The summed E-state index contributed by atoms with van der Waals surface area (Å²) in [6, 6.07) is 9.24. The third kappa shape index (κ3) is 8.19. The largest absolute Gasteiger partial charge is 0.481 e. The fourth-order valence-electron chi connectivity index (χ4n) is 1.95. The standard InChI is InChI=1S/C18H25NO6/c1-18(2,3)19(17(23)24-11-7-10-15(20)21)12-16(22)25-13-14-8-5-4-6-9-14/h4-6,8-9H,7,10-13H2,1-3H3,(H,20,21). The number of benzene rings is 1. The van der Waals surface area contributed by atoms with Gasteiger partial charge in [0.1, 0.15) is 13.2 Å². The van der Waals surface area contributed by atoms with Gasteiger partial charge in [-0.2, -0.15) is 0 Å². The summed E-state index contributed by atoms with van der Waals surface area (Å²) < 4.78 is 10.3. The predicted octanol–water partition coefficient (Wildman–Crippen LogP) is 2.83. The van der Waals surface area contributed by atoms with E-state index in [1.807, 2.05) is 30.3 Å². The normalized spacial score (nSPS) is 10.8. The third-order valence-corrected chi connectivity index (χ3v) is 3.32. The van der Waals surface area contributed by atoms with Gasteiger partial charge in [-0.15, -0.1) is 0 Å². The van der Waals surface area contributed by atoms with Crippen molar-refractivity contribution in [2.75, 3.05) is 13.2 Å². The molecular formula is C18H25NO6. The highest BCUT2D eigenvalue weighted by Crippen LogP contribution is 2.15. The molecule has 0 atom stereocenters. The molecule has 1 aromatic rings. The summed E-state index contributed by atoms with van der Waals surface area (Å²) in [6.07, 6.45) is -0.533. The Kier molecular flexibility index (Phi) is 7.91.